The van der Waals surface area contributed by atoms with E-state index in [1.54, 1.807) is 0 Å². The highest BCUT2D eigenvalue weighted by atomic mass is 15.3. The van der Waals surface area contributed by atoms with Gasteiger partial charge in [-0.25, -0.2) is 0 Å². The molecule has 1 aromatic heterocycles. The van der Waals surface area contributed by atoms with Crippen LogP contribution in [0.3, 0.4) is 0 Å². The molecule has 4 heteroatoms. The smallest absolute Gasteiger partial charge is 0.133 e. The van der Waals surface area contributed by atoms with Crippen LogP contribution in [0.5, 0.6) is 0 Å². The van der Waals surface area contributed by atoms with E-state index in [-0.39, 0.29) is 0 Å². The summed E-state index contributed by atoms with van der Waals surface area (Å²) in [6.45, 7) is 6.75. The maximum Gasteiger partial charge on any atom is 0.133 e. The van der Waals surface area contributed by atoms with Crippen molar-refractivity contribution in [1.29, 1.82) is 0 Å². The van der Waals surface area contributed by atoms with E-state index in [9.17, 15) is 0 Å². The van der Waals surface area contributed by atoms with Crippen molar-refractivity contribution in [3.05, 3.63) is 12.2 Å². The summed E-state index contributed by atoms with van der Waals surface area (Å²) in [6.07, 6.45) is 6.65. The van der Waals surface area contributed by atoms with E-state index in [2.05, 4.69) is 33.9 Å². The van der Waals surface area contributed by atoms with Gasteiger partial charge >= 0.3 is 0 Å². The molecule has 0 spiro atoms. The first-order valence-corrected chi connectivity index (χ1v) is 6.40. The molecule has 0 saturated carbocycles. The second-order valence-electron chi connectivity index (χ2n) is 4.81. The van der Waals surface area contributed by atoms with Crippen LogP contribution in [0.2, 0.25) is 0 Å². The quantitative estimate of drug-likeness (QED) is 0.844. The first-order chi connectivity index (χ1) is 7.81. The molecule has 1 N–H and O–H groups in total. The third-order valence-electron chi connectivity index (χ3n) is 3.64. The summed E-state index contributed by atoms with van der Waals surface area (Å²) in [5, 5.41) is 11.7. The first kappa shape index (κ1) is 11.6. The predicted molar refractivity (Wildman–Crippen MR) is 64.3 cm³/mol. The van der Waals surface area contributed by atoms with E-state index in [0.29, 0.717) is 6.04 Å². The number of rotatable bonds is 4. The third kappa shape index (κ3) is 2.61. The van der Waals surface area contributed by atoms with E-state index >= 15 is 0 Å². The van der Waals surface area contributed by atoms with Crippen molar-refractivity contribution in [1.82, 2.24) is 20.1 Å². The Hall–Kier alpha value is -0.900. The van der Waals surface area contributed by atoms with Crippen LogP contribution in [-0.2, 0) is 6.42 Å². The van der Waals surface area contributed by atoms with Crippen LogP contribution in [-0.4, -0.2) is 27.9 Å². The second kappa shape index (κ2) is 5.43. The highest BCUT2D eigenvalue weighted by molar-refractivity contribution is 4.91. The number of hydrogen-bond acceptors (Lipinski definition) is 3. The molecule has 0 aromatic carbocycles. The average molecular weight is 222 g/mol. The molecule has 1 fully saturated rings. The lowest BCUT2D eigenvalue weighted by atomic mass is 9.94. The maximum absolute atomic E-state index is 4.27. The van der Waals surface area contributed by atoms with E-state index in [4.69, 9.17) is 0 Å². The molecule has 1 aromatic rings. The third-order valence-corrected chi connectivity index (χ3v) is 3.64. The maximum atomic E-state index is 4.27. The van der Waals surface area contributed by atoms with Gasteiger partial charge in [-0.3, -0.25) is 0 Å². The summed E-state index contributed by atoms with van der Waals surface area (Å²) >= 11 is 0. The molecular weight excluding hydrogens is 200 g/mol. The van der Waals surface area contributed by atoms with Crippen LogP contribution in [0.15, 0.2) is 6.33 Å². The molecule has 2 rings (SSSR count). The fourth-order valence-electron chi connectivity index (χ4n) is 2.32. The molecule has 1 saturated heterocycles. The van der Waals surface area contributed by atoms with Gasteiger partial charge in [0.25, 0.3) is 0 Å². The Morgan fingerprint density at radius 2 is 2.25 bits per heavy atom. The van der Waals surface area contributed by atoms with Crippen molar-refractivity contribution in [3.63, 3.8) is 0 Å². The van der Waals surface area contributed by atoms with Crippen LogP contribution in [0.4, 0.5) is 0 Å². The zero-order valence-corrected chi connectivity index (χ0v) is 10.3. The summed E-state index contributed by atoms with van der Waals surface area (Å²) in [5.74, 6) is 1.95. The molecular formula is C12H22N4. The van der Waals surface area contributed by atoms with Crippen molar-refractivity contribution in [2.75, 3.05) is 13.1 Å². The molecule has 0 aliphatic carbocycles. The highest BCUT2D eigenvalue weighted by Crippen LogP contribution is 2.19. The first-order valence-electron chi connectivity index (χ1n) is 6.40. The molecule has 1 aliphatic heterocycles. The Morgan fingerprint density at radius 1 is 1.50 bits per heavy atom. The van der Waals surface area contributed by atoms with E-state index in [0.717, 1.165) is 31.8 Å². The van der Waals surface area contributed by atoms with E-state index in [1.165, 1.54) is 18.7 Å². The summed E-state index contributed by atoms with van der Waals surface area (Å²) in [5.41, 5.74) is 0. The highest BCUT2D eigenvalue weighted by Gasteiger charge is 2.17. The molecule has 0 amide bonds. The van der Waals surface area contributed by atoms with Gasteiger partial charge in [0.1, 0.15) is 12.2 Å². The topological polar surface area (TPSA) is 42.7 Å². The Morgan fingerprint density at radius 3 is 2.94 bits per heavy atom. The number of aromatic nitrogens is 3. The second-order valence-corrected chi connectivity index (χ2v) is 4.81. The lowest BCUT2D eigenvalue weighted by molar-refractivity contribution is 0.358. The van der Waals surface area contributed by atoms with Gasteiger partial charge in [0.2, 0.25) is 0 Å². The Kier molecular flexibility index (Phi) is 3.93. The fourth-order valence-corrected chi connectivity index (χ4v) is 2.32. The zero-order chi connectivity index (χ0) is 11.4. The van der Waals surface area contributed by atoms with Crippen LogP contribution >= 0.6 is 0 Å². The van der Waals surface area contributed by atoms with Gasteiger partial charge in [0.05, 0.1) is 0 Å². The lowest BCUT2D eigenvalue weighted by Gasteiger charge is -2.23. The number of nitrogens with one attached hydrogen (secondary N) is 1. The molecule has 0 radical (unpaired) electrons. The van der Waals surface area contributed by atoms with Crippen molar-refractivity contribution >= 4 is 0 Å². The minimum absolute atomic E-state index is 0.520. The molecule has 0 bridgehead atoms. The Bertz CT molecular complexity index is 315. The van der Waals surface area contributed by atoms with Crippen molar-refractivity contribution in [3.8, 4) is 0 Å². The lowest BCUT2D eigenvalue weighted by Crippen LogP contribution is -2.29. The average Bonchev–Trinajstić information content (AvgIpc) is 2.77. The van der Waals surface area contributed by atoms with Gasteiger partial charge in [-0.05, 0) is 45.2 Å². The molecule has 16 heavy (non-hydrogen) atoms. The minimum atomic E-state index is 0.520. The van der Waals surface area contributed by atoms with Crippen LogP contribution < -0.4 is 5.32 Å². The zero-order valence-electron chi connectivity index (χ0n) is 10.3. The summed E-state index contributed by atoms with van der Waals surface area (Å²) in [7, 11) is 0. The molecule has 1 aliphatic rings. The van der Waals surface area contributed by atoms with Crippen molar-refractivity contribution in [2.24, 2.45) is 5.92 Å². The number of nitrogens with zero attached hydrogens (tertiary/aromatic N) is 3. The fraction of sp³-hybridized carbons (Fsp3) is 0.833. The van der Waals surface area contributed by atoms with Gasteiger partial charge in [0.15, 0.2) is 0 Å². The Labute approximate surface area is 97.5 Å². The molecule has 90 valence electrons. The predicted octanol–water partition coefficient (Wildman–Crippen LogP) is 1.79. The minimum Gasteiger partial charge on any atom is -0.317 e. The van der Waals surface area contributed by atoms with Crippen LogP contribution in [0.1, 0.15) is 45.0 Å². The van der Waals surface area contributed by atoms with Gasteiger partial charge in [-0.1, -0.05) is 6.92 Å². The van der Waals surface area contributed by atoms with Gasteiger partial charge in [-0.2, -0.15) is 0 Å². The van der Waals surface area contributed by atoms with E-state index in [1.807, 2.05) is 6.33 Å². The molecule has 1 atom stereocenters. The standard InChI is InChI=1S/C12H22N4/c1-3-10(2)16-9-14-15-12(16)8-11-4-6-13-7-5-11/h9-11,13H,3-8H2,1-2H3. The van der Waals surface area contributed by atoms with Crippen LogP contribution in [0, 0.1) is 5.92 Å². The Balaban J connectivity index is 2.00. The van der Waals surface area contributed by atoms with Crippen LogP contribution in [0.25, 0.3) is 0 Å². The number of hydrogen-bond donors (Lipinski definition) is 1. The normalized spacial score (nSPS) is 19.9. The summed E-state index contributed by atoms with van der Waals surface area (Å²) in [4.78, 5) is 0. The number of piperidine rings is 1. The van der Waals surface area contributed by atoms with Crippen molar-refractivity contribution in [2.45, 2.75) is 45.6 Å². The largest absolute Gasteiger partial charge is 0.317 e. The van der Waals surface area contributed by atoms with Gasteiger partial charge < -0.3 is 9.88 Å². The monoisotopic (exact) mass is 222 g/mol. The molecule has 4 nitrogen and oxygen atoms in total. The molecule has 1 unspecified atom stereocenters. The van der Waals surface area contributed by atoms with E-state index < -0.39 is 0 Å². The summed E-state index contributed by atoms with van der Waals surface area (Å²) < 4.78 is 2.24. The van der Waals surface area contributed by atoms with Gasteiger partial charge in [-0.15, -0.1) is 10.2 Å². The SMILES string of the molecule is CCC(C)n1cnnc1CC1CCNCC1. The van der Waals surface area contributed by atoms with Gasteiger partial charge in [0, 0.05) is 12.5 Å². The van der Waals surface area contributed by atoms with Crippen molar-refractivity contribution < 1.29 is 0 Å². The summed E-state index contributed by atoms with van der Waals surface area (Å²) in [6, 6.07) is 0.520. The molecule has 2 heterocycles.